The Morgan fingerprint density at radius 1 is 1.38 bits per heavy atom. The Kier molecular flexibility index (Phi) is 2.94. The summed E-state index contributed by atoms with van der Waals surface area (Å²) >= 11 is 6.08. The average molecular weight is 237 g/mol. The van der Waals surface area contributed by atoms with Crippen molar-refractivity contribution in [3.05, 3.63) is 28.8 Å². The first-order chi connectivity index (χ1) is 7.48. The molecule has 1 aliphatic heterocycles. The van der Waals surface area contributed by atoms with Gasteiger partial charge in [0.1, 0.15) is 5.84 Å². The van der Waals surface area contributed by atoms with Gasteiger partial charge in [0.15, 0.2) is 0 Å². The van der Waals surface area contributed by atoms with Crippen molar-refractivity contribution in [2.75, 3.05) is 5.32 Å². The van der Waals surface area contributed by atoms with Crippen LogP contribution in [0.4, 0.5) is 5.69 Å². The standard InChI is InChI=1S/C13H17ClN2/c1-9-10(14)5-4-6-11(9)15-12-7-8-13(2,3)16-12/h4-6H,7-8H2,1-3H3,(H,15,16). The Bertz CT molecular complexity index is 436. The lowest BCUT2D eigenvalue weighted by Crippen LogP contribution is -2.12. The highest BCUT2D eigenvalue weighted by atomic mass is 35.5. The minimum atomic E-state index is 0.0782. The molecular weight excluding hydrogens is 220 g/mol. The van der Waals surface area contributed by atoms with Gasteiger partial charge in [0, 0.05) is 17.1 Å². The van der Waals surface area contributed by atoms with Crippen molar-refractivity contribution in [3.8, 4) is 0 Å². The van der Waals surface area contributed by atoms with Crippen LogP contribution >= 0.6 is 11.6 Å². The number of nitrogens with one attached hydrogen (secondary N) is 1. The lowest BCUT2D eigenvalue weighted by molar-refractivity contribution is 0.522. The molecule has 1 N–H and O–H groups in total. The summed E-state index contributed by atoms with van der Waals surface area (Å²) in [6, 6.07) is 5.90. The quantitative estimate of drug-likeness (QED) is 0.782. The van der Waals surface area contributed by atoms with Gasteiger partial charge in [-0.05, 0) is 44.9 Å². The van der Waals surface area contributed by atoms with Gasteiger partial charge in [-0.15, -0.1) is 0 Å². The fourth-order valence-corrected chi connectivity index (χ4v) is 2.06. The molecule has 0 radical (unpaired) electrons. The summed E-state index contributed by atoms with van der Waals surface area (Å²) in [7, 11) is 0. The second-order valence-electron chi connectivity index (χ2n) is 4.91. The van der Waals surface area contributed by atoms with Crippen LogP contribution in [0.3, 0.4) is 0 Å². The van der Waals surface area contributed by atoms with Crippen LogP contribution in [0.5, 0.6) is 0 Å². The van der Waals surface area contributed by atoms with Crippen LogP contribution in [0.1, 0.15) is 32.3 Å². The van der Waals surface area contributed by atoms with E-state index in [1.54, 1.807) is 0 Å². The molecule has 0 saturated carbocycles. The van der Waals surface area contributed by atoms with E-state index in [9.17, 15) is 0 Å². The second-order valence-corrected chi connectivity index (χ2v) is 5.32. The summed E-state index contributed by atoms with van der Waals surface area (Å²) in [5, 5.41) is 4.17. The molecule has 1 aliphatic rings. The van der Waals surface area contributed by atoms with Crippen LogP contribution in [0, 0.1) is 6.92 Å². The van der Waals surface area contributed by atoms with E-state index in [1.165, 1.54) is 0 Å². The second kappa shape index (κ2) is 4.10. The molecule has 0 bridgehead atoms. The maximum Gasteiger partial charge on any atom is 0.101 e. The predicted octanol–water partition coefficient (Wildman–Crippen LogP) is 4.03. The van der Waals surface area contributed by atoms with Crippen molar-refractivity contribution in [2.24, 2.45) is 4.99 Å². The van der Waals surface area contributed by atoms with Gasteiger partial charge < -0.3 is 5.32 Å². The summed E-state index contributed by atoms with van der Waals surface area (Å²) in [5.74, 6) is 1.07. The Morgan fingerprint density at radius 3 is 2.75 bits per heavy atom. The molecule has 1 heterocycles. The highest BCUT2D eigenvalue weighted by Gasteiger charge is 2.24. The van der Waals surface area contributed by atoms with Gasteiger partial charge in [0.05, 0.1) is 5.54 Å². The monoisotopic (exact) mass is 236 g/mol. The molecule has 0 saturated heterocycles. The number of anilines is 1. The van der Waals surface area contributed by atoms with Crippen molar-refractivity contribution in [2.45, 2.75) is 39.2 Å². The van der Waals surface area contributed by atoms with Gasteiger partial charge in [-0.2, -0.15) is 0 Å². The highest BCUT2D eigenvalue weighted by molar-refractivity contribution is 6.31. The van der Waals surface area contributed by atoms with Gasteiger partial charge in [0.2, 0.25) is 0 Å². The van der Waals surface area contributed by atoms with Gasteiger partial charge in [-0.25, -0.2) is 0 Å². The van der Waals surface area contributed by atoms with Crippen molar-refractivity contribution in [3.63, 3.8) is 0 Å². The third-order valence-electron chi connectivity index (χ3n) is 2.96. The van der Waals surface area contributed by atoms with Crippen LogP contribution < -0.4 is 5.32 Å². The molecule has 0 amide bonds. The van der Waals surface area contributed by atoms with Crippen molar-refractivity contribution in [1.29, 1.82) is 0 Å². The molecule has 1 aromatic carbocycles. The molecule has 1 aromatic rings. The minimum Gasteiger partial charge on any atom is -0.344 e. The first kappa shape index (κ1) is 11.5. The number of halogens is 1. The number of hydrogen-bond acceptors (Lipinski definition) is 2. The van der Waals surface area contributed by atoms with Crippen molar-refractivity contribution >= 4 is 23.1 Å². The molecule has 3 heteroatoms. The largest absolute Gasteiger partial charge is 0.344 e. The number of benzene rings is 1. The molecule has 0 atom stereocenters. The molecule has 0 fully saturated rings. The lowest BCUT2D eigenvalue weighted by Gasteiger charge is -2.11. The SMILES string of the molecule is Cc1c(Cl)cccc1NC1=NC(C)(C)CC1. The van der Waals surface area contributed by atoms with Crippen molar-refractivity contribution < 1.29 is 0 Å². The van der Waals surface area contributed by atoms with E-state index in [0.29, 0.717) is 0 Å². The number of hydrogen-bond donors (Lipinski definition) is 1. The zero-order valence-electron chi connectivity index (χ0n) is 9.97. The first-order valence-corrected chi connectivity index (χ1v) is 5.97. The summed E-state index contributed by atoms with van der Waals surface area (Å²) in [6.07, 6.45) is 2.12. The van der Waals surface area contributed by atoms with Crippen molar-refractivity contribution in [1.82, 2.24) is 0 Å². The summed E-state index contributed by atoms with van der Waals surface area (Å²) in [5.41, 5.74) is 2.22. The molecule has 0 aliphatic carbocycles. The smallest absolute Gasteiger partial charge is 0.101 e. The van der Waals surface area contributed by atoms with E-state index in [2.05, 4.69) is 24.2 Å². The highest BCUT2D eigenvalue weighted by Crippen LogP contribution is 2.27. The van der Waals surface area contributed by atoms with Gasteiger partial charge in [-0.3, -0.25) is 4.99 Å². The number of nitrogens with zero attached hydrogens (tertiary/aromatic N) is 1. The minimum absolute atomic E-state index is 0.0782. The zero-order valence-corrected chi connectivity index (χ0v) is 10.7. The van der Waals surface area contributed by atoms with Crippen LogP contribution in [0.2, 0.25) is 5.02 Å². The van der Waals surface area contributed by atoms with Crippen LogP contribution in [0.15, 0.2) is 23.2 Å². The van der Waals surface area contributed by atoms with Crippen LogP contribution in [-0.2, 0) is 0 Å². The fourth-order valence-electron chi connectivity index (χ4n) is 1.89. The van der Waals surface area contributed by atoms with E-state index >= 15 is 0 Å². The maximum absolute atomic E-state index is 6.08. The van der Waals surface area contributed by atoms with E-state index < -0.39 is 0 Å². The first-order valence-electron chi connectivity index (χ1n) is 5.59. The molecule has 2 rings (SSSR count). The zero-order chi connectivity index (χ0) is 11.8. The molecular formula is C13H17ClN2. The van der Waals surface area contributed by atoms with Gasteiger partial charge >= 0.3 is 0 Å². The molecule has 16 heavy (non-hydrogen) atoms. The Hall–Kier alpha value is -1.02. The molecule has 2 nitrogen and oxygen atoms in total. The Balaban J connectivity index is 2.20. The third-order valence-corrected chi connectivity index (χ3v) is 3.37. The van der Waals surface area contributed by atoms with E-state index in [1.807, 2.05) is 25.1 Å². The van der Waals surface area contributed by atoms with E-state index in [4.69, 9.17) is 11.6 Å². The molecule has 0 unspecified atom stereocenters. The normalized spacial score (nSPS) is 18.4. The van der Waals surface area contributed by atoms with Gasteiger partial charge in [0.25, 0.3) is 0 Å². The Labute approximate surface area is 102 Å². The number of rotatable bonds is 1. The molecule has 0 spiro atoms. The molecule has 86 valence electrons. The van der Waals surface area contributed by atoms with Crippen LogP contribution in [0.25, 0.3) is 0 Å². The summed E-state index contributed by atoms with van der Waals surface area (Å²) in [4.78, 5) is 4.65. The topological polar surface area (TPSA) is 24.4 Å². The molecule has 0 aromatic heterocycles. The lowest BCUT2D eigenvalue weighted by atomic mass is 10.0. The van der Waals surface area contributed by atoms with Gasteiger partial charge in [-0.1, -0.05) is 17.7 Å². The Morgan fingerprint density at radius 2 is 2.12 bits per heavy atom. The summed E-state index contributed by atoms with van der Waals surface area (Å²) in [6.45, 7) is 6.34. The average Bonchev–Trinajstić information content (AvgIpc) is 2.53. The van der Waals surface area contributed by atoms with Crippen LogP contribution in [-0.4, -0.2) is 11.4 Å². The number of aliphatic imine (C=N–C) groups is 1. The fraction of sp³-hybridized carbons (Fsp3) is 0.462. The maximum atomic E-state index is 6.08. The summed E-state index contributed by atoms with van der Waals surface area (Å²) < 4.78 is 0. The third kappa shape index (κ3) is 2.38. The van der Waals surface area contributed by atoms with E-state index in [-0.39, 0.29) is 5.54 Å². The number of amidine groups is 1. The predicted molar refractivity (Wildman–Crippen MR) is 70.6 cm³/mol. The van der Waals surface area contributed by atoms with E-state index in [0.717, 1.165) is 35.0 Å².